The van der Waals surface area contributed by atoms with Crippen molar-refractivity contribution in [2.45, 2.75) is 27.3 Å². The summed E-state index contributed by atoms with van der Waals surface area (Å²) < 4.78 is 8.42. The van der Waals surface area contributed by atoms with Crippen LogP contribution in [0, 0.1) is 20.8 Å². The molecule has 0 atom stereocenters. The van der Waals surface area contributed by atoms with Crippen molar-refractivity contribution in [2.75, 3.05) is 19.0 Å². The highest BCUT2D eigenvalue weighted by molar-refractivity contribution is 6.08. The molecule has 0 aromatic carbocycles. The van der Waals surface area contributed by atoms with Crippen LogP contribution in [0.4, 0.5) is 5.82 Å². The molecule has 1 amide bonds. The summed E-state index contributed by atoms with van der Waals surface area (Å²) in [6.45, 7) is 6.82. The van der Waals surface area contributed by atoms with Gasteiger partial charge < -0.3 is 10.1 Å². The van der Waals surface area contributed by atoms with Crippen LogP contribution in [0.2, 0.25) is 0 Å². The average molecular weight is 328 g/mol. The number of hydrogen-bond donors (Lipinski definition) is 1. The number of amides is 1. The Labute approximate surface area is 139 Å². The molecule has 3 heterocycles. The third-order valence-electron chi connectivity index (χ3n) is 3.70. The first-order valence-electron chi connectivity index (χ1n) is 7.67. The summed E-state index contributed by atoms with van der Waals surface area (Å²) in [7, 11) is 1.64. The first-order valence-corrected chi connectivity index (χ1v) is 7.67. The Morgan fingerprint density at radius 2 is 2.08 bits per heavy atom. The van der Waals surface area contributed by atoms with E-state index in [2.05, 4.69) is 20.5 Å². The van der Waals surface area contributed by atoms with E-state index < -0.39 is 0 Å². The van der Waals surface area contributed by atoms with Crippen LogP contribution in [0.25, 0.3) is 5.65 Å². The van der Waals surface area contributed by atoms with Crippen molar-refractivity contribution in [3.8, 4) is 0 Å². The Hall–Kier alpha value is -2.74. The topological polar surface area (TPSA) is 86.3 Å². The molecular formula is C16H20N6O2. The zero-order chi connectivity index (χ0) is 17.3. The zero-order valence-corrected chi connectivity index (χ0v) is 14.2. The van der Waals surface area contributed by atoms with Crippen molar-refractivity contribution >= 4 is 17.4 Å². The van der Waals surface area contributed by atoms with Crippen molar-refractivity contribution in [3.63, 3.8) is 0 Å². The fourth-order valence-corrected chi connectivity index (χ4v) is 2.61. The molecule has 0 fully saturated rings. The van der Waals surface area contributed by atoms with Gasteiger partial charge in [0.1, 0.15) is 5.56 Å². The van der Waals surface area contributed by atoms with Gasteiger partial charge >= 0.3 is 0 Å². The van der Waals surface area contributed by atoms with Gasteiger partial charge in [0, 0.05) is 30.8 Å². The molecule has 0 spiro atoms. The Morgan fingerprint density at radius 1 is 1.29 bits per heavy atom. The fourth-order valence-electron chi connectivity index (χ4n) is 2.61. The Balaban J connectivity index is 1.89. The van der Waals surface area contributed by atoms with Crippen LogP contribution in [0.5, 0.6) is 0 Å². The van der Waals surface area contributed by atoms with E-state index in [-0.39, 0.29) is 5.91 Å². The number of fused-ring (bicyclic) bond motifs is 1. The summed E-state index contributed by atoms with van der Waals surface area (Å²) >= 11 is 0. The summed E-state index contributed by atoms with van der Waals surface area (Å²) in [6, 6.07) is 3.68. The number of methoxy groups -OCH3 is 1. The Bertz CT molecular complexity index is 895. The second kappa shape index (κ2) is 6.40. The lowest BCUT2D eigenvalue weighted by atomic mass is 10.2. The number of hydrogen-bond acceptors (Lipinski definition) is 5. The fraction of sp³-hybridized carbons (Fsp3) is 0.375. The molecule has 126 valence electrons. The molecular weight excluding hydrogens is 308 g/mol. The van der Waals surface area contributed by atoms with Gasteiger partial charge in [-0.05, 0) is 26.8 Å². The second-order valence-corrected chi connectivity index (χ2v) is 5.65. The van der Waals surface area contributed by atoms with E-state index in [0.29, 0.717) is 35.9 Å². The number of rotatable bonds is 5. The van der Waals surface area contributed by atoms with Gasteiger partial charge in [-0.25, -0.2) is 9.50 Å². The van der Waals surface area contributed by atoms with Crippen molar-refractivity contribution in [2.24, 2.45) is 0 Å². The van der Waals surface area contributed by atoms with Crippen molar-refractivity contribution < 1.29 is 9.53 Å². The number of aryl methyl sites for hydroxylation is 3. The molecule has 8 heteroatoms. The highest BCUT2D eigenvalue weighted by Gasteiger charge is 2.20. The summed E-state index contributed by atoms with van der Waals surface area (Å²) in [6.07, 6.45) is 1.80. The van der Waals surface area contributed by atoms with Gasteiger partial charge in [-0.15, -0.1) is 0 Å². The van der Waals surface area contributed by atoms with Gasteiger partial charge in [0.15, 0.2) is 11.5 Å². The predicted molar refractivity (Wildman–Crippen MR) is 89.3 cm³/mol. The molecule has 0 aliphatic heterocycles. The van der Waals surface area contributed by atoms with Crippen molar-refractivity contribution in [1.82, 2.24) is 24.4 Å². The minimum Gasteiger partial charge on any atom is -0.383 e. The second-order valence-electron chi connectivity index (χ2n) is 5.65. The maximum absolute atomic E-state index is 12.7. The molecule has 0 unspecified atom stereocenters. The minimum absolute atomic E-state index is 0.267. The molecule has 0 aliphatic rings. The largest absolute Gasteiger partial charge is 0.383 e. The van der Waals surface area contributed by atoms with Crippen LogP contribution in [0.3, 0.4) is 0 Å². The number of carbonyl (C=O) groups is 1. The van der Waals surface area contributed by atoms with Crippen LogP contribution in [-0.4, -0.2) is 44.0 Å². The Kier molecular flexibility index (Phi) is 4.30. The number of ether oxygens (including phenoxy) is 1. The number of nitrogens with one attached hydrogen (secondary N) is 1. The monoisotopic (exact) mass is 328 g/mol. The van der Waals surface area contributed by atoms with Gasteiger partial charge in [-0.3, -0.25) is 9.48 Å². The average Bonchev–Trinajstić information content (AvgIpc) is 3.09. The van der Waals surface area contributed by atoms with E-state index in [1.54, 1.807) is 35.5 Å². The van der Waals surface area contributed by atoms with E-state index in [1.807, 2.05) is 19.9 Å². The van der Waals surface area contributed by atoms with Crippen LogP contribution in [0.15, 0.2) is 18.3 Å². The smallest absolute Gasteiger partial charge is 0.262 e. The van der Waals surface area contributed by atoms with Gasteiger partial charge in [-0.2, -0.15) is 10.2 Å². The van der Waals surface area contributed by atoms with Crippen LogP contribution in [0.1, 0.15) is 27.4 Å². The number of carbonyl (C=O) groups excluding carboxylic acids is 1. The molecule has 3 aromatic rings. The van der Waals surface area contributed by atoms with E-state index in [9.17, 15) is 4.79 Å². The highest BCUT2D eigenvalue weighted by atomic mass is 16.5. The molecule has 24 heavy (non-hydrogen) atoms. The normalized spacial score (nSPS) is 11.2. The van der Waals surface area contributed by atoms with Crippen molar-refractivity contribution in [1.29, 1.82) is 0 Å². The first kappa shape index (κ1) is 16.1. The standard InChI is InChI=1S/C16H20N6O2/c1-10-9-11(2)22-15(17-10)14(12(3)19-22)16(23)18-13-5-6-21(20-13)7-8-24-4/h5-6,9H,7-8H2,1-4H3,(H,18,20,23). The van der Waals surface area contributed by atoms with Gasteiger partial charge in [-0.1, -0.05) is 0 Å². The summed E-state index contributed by atoms with van der Waals surface area (Å²) in [5, 5.41) is 11.5. The SMILES string of the molecule is COCCn1ccc(NC(=O)c2c(C)nn3c(C)cc(C)nc23)n1. The molecule has 0 bridgehead atoms. The quantitative estimate of drug-likeness (QED) is 0.771. The predicted octanol–water partition coefficient (Wildman–Crippen LogP) is 1.75. The molecule has 0 saturated heterocycles. The lowest BCUT2D eigenvalue weighted by Crippen LogP contribution is -2.14. The molecule has 0 saturated carbocycles. The molecule has 1 N–H and O–H groups in total. The van der Waals surface area contributed by atoms with E-state index in [4.69, 9.17) is 4.74 Å². The highest BCUT2D eigenvalue weighted by Crippen LogP contribution is 2.17. The maximum atomic E-state index is 12.7. The van der Waals surface area contributed by atoms with Crippen molar-refractivity contribution in [3.05, 3.63) is 41.0 Å². The van der Waals surface area contributed by atoms with Gasteiger partial charge in [0.05, 0.1) is 18.8 Å². The third-order valence-corrected chi connectivity index (χ3v) is 3.70. The van der Waals surface area contributed by atoms with Crippen LogP contribution in [-0.2, 0) is 11.3 Å². The molecule has 0 aliphatic carbocycles. The Morgan fingerprint density at radius 3 is 2.83 bits per heavy atom. The van der Waals surface area contributed by atoms with E-state index in [1.165, 1.54) is 0 Å². The summed E-state index contributed by atoms with van der Waals surface area (Å²) in [5.41, 5.74) is 3.43. The molecule has 3 aromatic heterocycles. The van der Waals surface area contributed by atoms with E-state index >= 15 is 0 Å². The third kappa shape index (κ3) is 3.00. The van der Waals surface area contributed by atoms with Gasteiger partial charge in [0.25, 0.3) is 5.91 Å². The van der Waals surface area contributed by atoms with Crippen LogP contribution < -0.4 is 5.32 Å². The molecule has 8 nitrogen and oxygen atoms in total. The minimum atomic E-state index is -0.267. The maximum Gasteiger partial charge on any atom is 0.262 e. The van der Waals surface area contributed by atoms with Crippen LogP contribution >= 0.6 is 0 Å². The summed E-state index contributed by atoms with van der Waals surface area (Å²) in [4.78, 5) is 17.1. The number of nitrogens with zero attached hydrogens (tertiary/aromatic N) is 5. The molecule has 0 radical (unpaired) electrons. The number of anilines is 1. The lowest BCUT2D eigenvalue weighted by molar-refractivity contribution is 0.102. The summed E-state index contributed by atoms with van der Waals surface area (Å²) in [5.74, 6) is 0.219. The van der Waals surface area contributed by atoms with E-state index in [0.717, 1.165) is 11.4 Å². The lowest BCUT2D eigenvalue weighted by Gasteiger charge is -2.03. The number of aromatic nitrogens is 5. The molecule has 3 rings (SSSR count). The first-order chi connectivity index (χ1) is 11.5. The zero-order valence-electron chi connectivity index (χ0n) is 14.2. The van der Waals surface area contributed by atoms with Gasteiger partial charge in [0.2, 0.25) is 0 Å².